The van der Waals surface area contributed by atoms with Crippen LogP contribution in [0.4, 0.5) is 5.69 Å². The van der Waals surface area contributed by atoms with Crippen LogP contribution in [0.3, 0.4) is 0 Å². The Morgan fingerprint density at radius 3 is 2.48 bits per heavy atom. The van der Waals surface area contributed by atoms with Gasteiger partial charge in [-0.15, -0.1) is 0 Å². The highest BCUT2D eigenvalue weighted by Crippen LogP contribution is 2.24. The van der Waals surface area contributed by atoms with Crippen molar-refractivity contribution in [2.75, 3.05) is 25.0 Å². The number of anilines is 1. The summed E-state index contributed by atoms with van der Waals surface area (Å²) in [7, 11) is -2.62. The van der Waals surface area contributed by atoms with Crippen molar-refractivity contribution >= 4 is 27.8 Å². The maximum atomic E-state index is 12.1. The van der Waals surface area contributed by atoms with Crippen LogP contribution in [0.2, 0.25) is 0 Å². The molecule has 0 saturated heterocycles. The van der Waals surface area contributed by atoms with Gasteiger partial charge in [0.15, 0.2) is 0 Å². The van der Waals surface area contributed by atoms with E-state index in [9.17, 15) is 18.0 Å². The fourth-order valence-corrected chi connectivity index (χ4v) is 3.58. The average molecular weight is 431 g/mol. The molecule has 0 heterocycles. The number of nitrogens with one attached hydrogen (secondary N) is 2. The summed E-state index contributed by atoms with van der Waals surface area (Å²) in [6.07, 6.45) is 2.60. The lowest BCUT2D eigenvalue weighted by atomic mass is 10.1. The van der Waals surface area contributed by atoms with Crippen molar-refractivity contribution in [1.82, 2.24) is 4.72 Å². The van der Waals surface area contributed by atoms with E-state index >= 15 is 0 Å². The lowest BCUT2D eigenvalue weighted by Gasteiger charge is -2.15. The third-order valence-corrected chi connectivity index (χ3v) is 4.90. The quantitative estimate of drug-likeness (QED) is 0.364. The first-order chi connectivity index (χ1) is 13.7. The second-order valence-corrected chi connectivity index (χ2v) is 7.99. The molecule has 0 fully saturated rings. The van der Waals surface area contributed by atoms with Gasteiger partial charge in [-0.25, -0.2) is 4.79 Å². The van der Waals surface area contributed by atoms with Gasteiger partial charge in [0.1, 0.15) is 5.75 Å². The number of carbonyl (C=O) groups is 2. The third-order valence-electron chi connectivity index (χ3n) is 3.63. The molecular weight excluding hydrogens is 400 g/mol. The van der Waals surface area contributed by atoms with E-state index in [2.05, 4.69) is 9.44 Å². The van der Waals surface area contributed by atoms with Crippen molar-refractivity contribution in [2.45, 2.75) is 52.5 Å². The van der Waals surface area contributed by atoms with Gasteiger partial charge in [-0.1, -0.05) is 0 Å². The number of benzene rings is 1. The second-order valence-electron chi connectivity index (χ2n) is 6.54. The number of hydrogen-bond acceptors (Lipinski definition) is 7. The number of methoxy groups -OCH3 is 1. The normalized spacial score (nSPS) is 11.2. The Labute approximate surface area is 172 Å². The van der Waals surface area contributed by atoms with Crippen LogP contribution in [0.1, 0.15) is 56.8 Å². The number of esters is 2. The van der Waals surface area contributed by atoms with Crippen LogP contribution in [0.5, 0.6) is 5.75 Å². The summed E-state index contributed by atoms with van der Waals surface area (Å²) in [4.78, 5) is 23.3. The molecule has 1 aromatic carbocycles. The van der Waals surface area contributed by atoms with Crippen molar-refractivity contribution in [3.63, 3.8) is 0 Å². The van der Waals surface area contributed by atoms with Crippen LogP contribution in [-0.2, 0) is 24.5 Å². The molecule has 29 heavy (non-hydrogen) atoms. The van der Waals surface area contributed by atoms with Gasteiger partial charge in [0.05, 0.1) is 31.6 Å². The summed E-state index contributed by atoms with van der Waals surface area (Å²) in [5, 5.41) is 0. The van der Waals surface area contributed by atoms with Gasteiger partial charge in [0, 0.05) is 12.5 Å². The van der Waals surface area contributed by atoms with E-state index in [1.54, 1.807) is 26.8 Å². The predicted octanol–water partition coefficient (Wildman–Crippen LogP) is 2.63. The zero-order chi connectivity index (χ0) is 21.9. The number of hydrogen-bond donors (Lipinski definition) is 2. The molecule has 0 unspecified atom stereocenters. The molecule has 0 aliphatic rings. The van der Waals surface area contributed by atoms with Crippen LogP contribution in [-0.4, -0.2) is 46.7 Å². The van der Waals surface area contributed by atoms with Crippen molar-refractivity contribution < 1.29 is 32.2 Å². The highest BCUT2D eigenvalue weighted by Gasteiger charge is 2.19. The molecule has 0 aromatic heterocycles. The minimum absolute atomic E-state index is 0.0430. The third kappa shape index (κ3) is 9.62. The van der Waals surface area contributed by atoms with Gasteiger partial charge in [-0.2, -0.15) is 13.1 Å². The van der Waals surface area contributed by atoms with E-state index in [1.807, 2.05) is 0 Å². The summed E-state index contributed by atoms with van der Waals surface area (Å²) in [6, 6.07) is 4.14. The van der Waals surface area contributed by atoms with E-state index in [1.165, 1.54) is 19.2 Å². The molecule has 0 spiro atoms. The lowest BCUT2D eigenvalue weighted by Crippen LogP contribution is -2.35. The predicted molar refractivity (Wildman–Crippen MR) is 109 cm³/mol. The van der Waals surface area contributed by atoms with Crippen LogP contribution >= 0.6 is 0 Å². The molecule has 0 amide bonds. The number of ether oxygens (including phenoxy) is 3. The molecule has 0 bridgehead atoms. The summed E-state index contributed by atoms with van der Waals surface area (Å²) in [5.74, 6) is -0.483. The van der Waals surface area contributed by atoms with E-state index < -0.39 is 16.2 Å². The van der Waals surface area contributed by atoms with Crippen molar-refractivity contribution in [2.24, 2.45) is 0 Å². The molecule has 1 rings (SSSR count). The summed E-state index contributed by atoms with van der Waals surface area (Å²) in [6.45, 7) is 5.91. The summed E-state index contributed by atoms with van der Waals surface area (Å²) >= 11 is 0. The standard InChI is InChI=1S/C19H30N2O7S/c1-5-27-18(22)9-7-6-8-12-28-15-10-11-17(16(13-15)19(23)26-4)21-29(24,25)20-14(2)3/h10-11,13-14,20-21H,5-9,12H2,1-4H3. The average Bonchev–Trinajstić information content (AvgIpc) is 2.63. The van der Waals surface area contributed by atoms with E-state index in [4.69, 9.17) is 14.2 Å². The van der Waals surface area contributed by atoms with Gasteiger partial charge >= 0.3 is 11.9 Å². The lowest BCUT2D eigenvalue weighted by molar-refractivity contribution is -0.143. The fraction of sp³-hybridized carbons (Fsp3) is 0.579. The molecule has 1 aromatic rings. The maximum absolute atomic E-state index is 12.1. The first-order valence-electron chi connectivity index (χ1n) is 9.49. The highest BCUT2D eigenvalue weighted by atomic mass is 32.2. The molecule has 0 aliphatic heterocycles. The molecule has 0 atom stereocenters. The van der Waals surface area contributed by atoms with Crippen LogP contribution in [0, 0.1) is 0 Å². The van der Waals surface area contributed by atoms with Gasteiger partial charge in [0.2, 0.25) is 0 Å². The maximum Gasteiger partial charge on any atom is 0.340 e. The first-order valence-corrected chi connectivity index (χ1v) is 11.0. The first kappa shape index (κ1) is 24.7. The molecule has 10 heteroatoms. The van der Waals surface area contributed by atoms with Gasteiger partial charge < -0.3 is 14.2 Å². The molecule has 0 radical (unpaired) electrons. The van der Waals surface area contributed by atoms with Crippen LogP contribution < -0.4 is 14.2 Å². The zero-order valence-corrected chi connectivity index (χ0v) is 18.1. The molecule has 2 N–H and O–H groups in total. The Hall–Kier alpha value is -2.33. The van der Waals surface area contributed by atoms with E-state index in [-0.39, 0.29) is 23.3 Å². The highest BCUT2D eigenvalue weighted by molar-refractivity contribution is 7.90. The minimum Gasteiger partial charge on any atom is -0.494 e. The molecule has 0 saturated carbocycles. The Balaban J connectivity index is 2.67. The fourth-order valence-electron chi connectivity index (χ4n) is 2.44. The zero-order valence-electron chi connectivity index (χ0n) is 17.3. The monoisotopic (exact) mass is 430 g/mol. The summed E-state index contributed by atoms with van der Waals surface area (Å²) in [5.41, 5.74) is 0.133. The Bertz CT molecular complexity index is 779. The topological polar surface area (TPSA) is 120 Å². The largest absolute Gasteiger partial charge is 0.494 e. The van der Waals surface area contributed by atoms with Gasteiger partial charge in [0.25, 0.3) is 10.2 Å². The number of carbonyl (C=O) groups excluding carboxylic acids is 2. The van der Waals surface area contributed by atoms with E-state index in [0.717, 1.165) is 12.8 Å². The number of unbranched alkanes of at least 4 members (excludes halogenated alkanes) is 2. The van der Waals surface area contributed by atoms with Crippen molar-refractivity contribution in [3.8, 4) is 5.75 Å². The summed E-state index contributed by atoms with van der Waals surface area (Å²) < 4.78 is 44.1. The Morgan fingerprint density at radius 2 is 1.86 bits per heavy atom. The molecule has 164 valence electrons. The van der Waals surface area contributed by atoms with Crippen LogP contribution in [0.25, 0.3) is 0 Å². The van der Waals surface area contributed by atoms with Gasteiger partial charge in [-0.05, 0) is 58.2 Å². The Morgan fingerprint density at radius 1 is 1.14 bits per heavy atom. The minimum atomic E-state index is -3.84. The SMILES string of the molecule is CCOC(=O)CCCCCOc1ccc(NS(=O)(=O)NC(C)C)c(C(=O)OC)c1. The molecular formula is C19H30N2O7S. The van der Waals surface area contributed by atoms with Crippen molar-refractivity contribution in [1.29, 1.82) is 0 Å². The van der Waals surface area contributed by atoms with Crippen molar-refractivity contribution in [3.05, 3.63) is 23.8 Å². The Kier molecular flexibility index (Phi) is 10.5. The smallest absolute Gasteiger partial charge is 0.340 e. The van der Waals surface area contributed by atoms with Gasteiger partial charge in [-0.3, -0.25) is 9.52 Å². The second kappa shape index (κ2) is 12.3. The molecule has 9 nitrogen and oxygen atoms in total. The van der Waals surface area contributed by atoms with Crippen LogP contribution in [0.15, 0.2) is 18.2 Å². The molecule has 0 aliphatic carbocycles. The van der Waals surface area contributed by atoms with E-state index in [0.29, 0.717) is 31.8 Å². The number of rotatable bonds is 13.